The Labute approximate surface area is 297 Å². The summed E-state index contributed by atoms with van der Waals surface area (Å²) in [4.78, 5) is 0. The molecule has 2 heterocycles. The van der Waals surface area contributed by atoms with E-state index in [-0.39, 0.29) is 13.6 Å². The number of hydrogen-bond donors (Lipinski definition) is 0. The molecule has 50 heavy (non-hydrogen) atoms. The Bertz CT molecular complexity index is 1960. The van der Waals surface area contributed by atoms with Crippen LogP contribution in [0.25, 0.3) is 11.1 Å². The first-order valence-electron chi connectivity index (χ1n) is 17.0. The van der Waals surface area contributed by atoms with Gasteiger partial charge in [0.25, 0.3) is 0 Å². The van der Waals surface area contributed by atoms with Crippen molar-refractivity contribution < 1.29 is 18.9 Å². The number of benzene rings is 6. The fourth-order valence-corrected chi connectivity index (χ4v) is 11.9. The Morgan fingerprint density at radius 2 is 0.620 bits per heavy atom. The van der Waals surface area contributed by atoms with Gasteiger partial charge in [-0.25, -0.2) is 0 Å². The van der Waals surface area contributed by atoms with Crippen LogP contribution in [0.5, 0.6) is 23.0 Å². The van der Waals surface area contributed by atoms with Crippen LogP contribution < -0.4 is 50.8 Å². The molecule has 0 aromatic heterocycles. The first kappa shape index (κ1) is 32.6. The molecular formula is C44H40O4P2. The molecule has 0 amide bonds. The molecule has 8 rings (SSSR count). The molecule has 6 heteroatoms. The van der Waals surface area contributed by atoms with Crippen molar-refractivity contribution in [2.24, 2.45) is 0 Å². The van der Waals surface area contributed by atoms with Crippen LogP contribution in [0.1, 0.15) is 33.4 Å². The van der Waals surface area contributed by atoms with E-state index in [9.17, 15) is 0 Å². The molecular weight excluding hydrogens is 654 g/mol. The quantitative estimate of drug-likeness (QED) is 0.158. The van der Waals surface area contributed by atoms with Gasteiger partial charge < -0.3 is 18.9 Å². The first-order valence-corrected chi connectivity index (χ1v) is 19.7. The lowest BCUT2D eigenvalue weighted by Crippen LogP contribution is -2.27. The number of ether oxygens (including phenoxy) is 4. The van der Waals surface area contributed by atoms with Crippen LogP contribution >= 0.6 is 15.8 Å². The minimum absolute atomic E-state index is 0.172. The summed E-state index contributed by atoms with van der Waals surface area (Å²) >= 11 is 0. The van der Waals surface area contributed by atoms with Crippen LogP contribution in [0.2, 0.25) is 0 Å². The Hall–Kier alpha value is -4.62. The van der Waals surface area contributed by atoms with Crippen molar-refractivity contribution in [2.45, 2.75) is 41.5 Å². The summed E-state index contributed by atoms with van der Waals surface area (Å²) in [5, 5.41) is 7.51. The van der Waals surface area contributed by atoms with Gasteiger partial charge in [-0.05, 0) is 112 Å². The molecule has 2 aliphatic rings. The van der Waals surface area contributed by atoms with Crippen molar-refractivity contribution in [2.75, 3.05) is 13.6 Å². The summed E-state index contributed by atoms with van der Waals surface area (Å²) in [6.07, 6.45) is 0. The van der Waals surface area contributed by atoms with E-state index in [2.05, 4.69) is 151 Å². The molecule has 0 saturated heterocycles. The van der Waals surface area contributed by atoms with Crippen molar-refractivity contribution in [3.63, 3.8) is 0 Å². The van der Waals surface area contributed by atoms with Gasteiger partial charge in [-0.1, -0.05) is 119 Å². The lowest BCUT2D eigenvalue weighted by Gasteiger charge is -2.28. The van der Waals surface area contributed by atoms with Crippen LogP contribution in [-0.4, -0.2) is 13.6 Å². The molecule has 0 spiro atoms. The molecule has 0 N–H and O–H groups in total. The fourth-order valence-electron chi connectivity index (χ4n) is 6.90. The average molecular weight is 695 g/mol. The van der Waals surface area contributed by atoms with E-state index in [1.165, 1.54) is 54.1 Å². The highest BCUT2D eigenvalue weighted by molar-refractivity contribution is 7.80. The van der Waals surface area contributed by atoms with Crippen molar-refractivity contribution in [1.29, 1.82) is 0 Å². The second kappa shape index (κ2) is 13.3. The molecule has 0 fully saturated rings. The molecule has 0 saturated carbocycles. The molecule has 4 nitrogen and oxygen atoms in total. The molecule has 250 valence electrons. The smallest absolute Gasteiger partial charge is 0.231 e. The van der Waals surface area contributed by atoms with Gasteiger partial charge in [0.15, 0.2) is 23.0 Å². The monoisotopic (exact) mass is 694 g/mol. The van der Waals surface area contributed by atoms with Crippen LogP contribution in [-0.2, 0) is 0 Å². The molecule has 0 unspecified atom stereocenters. The zero-order chi connectivity index (χ0) is 34.5. The zero-order valence-corrected chi connectivity index (χ0v) is 31.1. The number of aryl methyl sites for hydroxylation is 6. The summed E-state index contributed by atoms with van der Waals surface area (Å²) in [5.41, 5.74) is 9.12. The Balaban J connectivity index is 1.49. The third-order valence-electron chi connectivity index (χ3n) is 9.52. The molecule has 0 aliphatic carbocycles. The second-order valence-corrected chi connectivity index (χ2v) is 17.7. The summed E-state index contributed by atoms with van der Waals surface area (Å²) in [6.45, 7) is 13.2. The number of rotatable bonds is 7. The number of fused-ring (bicyclic) bond motifs is 2. The van der Waals surface area contributed by atoms with Gasteiger partial charge in [0, 0.05) is 11.1 Å². The molecule has 6 aromatic rings. The van der Waals surface area contributed by atoms with Crippen molar-refractivity contribution >= 4 is 47.7 Å². The zero-order valence-electron chi connectivity index (χ0n) is 29.3. The SMILES string of the molecule is Cc1ccc(P(c2ccc(C)cc2)c2cc(C)c3c(c2-c2c(P(c4ccc(C)cc4)c4ccc(C)cc4)cc(C)c4c2OCO4)OCO3)cc1. The maximum Gasteiger partial charge on any atom is 0.231 e. The predicted octanol–water partition coefficient (Wildman–Crippen LogP) is 8.18. The van der Waals surface area contributed by atoms with Crippen molar-refractivity contribution in [1.82, 2.24) is 0 Å². The third kappa shape index (κ3) is 5.85. The Morgan fingerprint density at radius 1 is 0.360 bits per heavy atom. The highest BCUT2D eigenvalue weighted by Crippen LogP contribution is 2.55. The molecule has 0 bridgehead atoms. The maximum absolute atomic E-state index is 6.53. The van der Waals surface area contributed by atoms with Gasteiger partial charge in [-0.3, -0.25) is 0 Å². The van der Waals surface area contributed by atoms with E-state index in [1.54, 1.807) is 0 Å². The summed E-state index contributed by atoms with van der Waals surface area (Å²) in [5.74, 6) is 3.14. The molecule has 6 aromatic carbocycles. The molecule has 0 radical (unpaired) electrons. The van der Waals surface area contributed by atoms with Crippen LogP contribution in [0, 0.1) is 41.5 Å². The van der Waals surface area contributed by atoms with E-state index >= 15 is 0 Å². The van der Waals surface area contributed by atoms with E-state index in [1.807, 2.05) is 0 Å². The lowest BCUT2D eigenvalue weighted by molar-refractivity contribution is 0.172. The minimum Gasteiger partial charge on any atom is -0.453 e. The van der Waals surface area contributed by atoms with Gasteiger partial charge in [0.1, 0.15) is 0 Å². The van der Waals surface area contributed by atoms with E-state index in [0.717, 1.165) is 45.3 Å². The first-order chi connectivity index (χ1) is 24.3. The largest absolute Gasteiger partial charge is 0.453 e. The summed E-state index contributed by atoms with van der Waals surface area (Å²) < 4.78 is 25.5. The third-order valence-corrected chi connectivity index (χ3v) is 14.4. The van der Waals surface area contributed by atoms with Gasteiger partial charge in [-0.15, -0.1) is 0 Å². The van der Waals surface area contributed by atoms with Gasteiger partial charge in [-0.2, -0.15) is 0 Å². The van der Waals surface area contributed by atoms with E-state index < -0.39 is 15.8 Å². The second-order valence-electron chi connectivity index (χ2n) is 13.3. The average Bonchev–Trinajstić information content (AvgIpc) is 3.81. The highest BCUT2D eigenvalue weighted by atomic mass is 31.1. The Kier molecular flexibility index (Phi) is 8.64. The van der Waals surface area contributed by atoms with E-state index in [0.29, 0.717) is 0 Å². The summed E-state index contributed by atoms with van der Waals surface area (Å²) in [7, 11) is -2.05. The lowest BCUT2D eigenvalue weighted by atomic mass is 9.98. The fraction of sp³-hybridized carbons (Fsp3) is 0.182. The summed E-state index contributed by atoms with van der Waals surface area (Å²) in [6, 6.07) is 40.7. The molecule has 0 atom stereocenters. The normalized spacial score (nSPS) is 13.0. The van der Waals surface area contributed by atoms with Gasteiger partial charge >= 0.3 is 0 Å². The van der Waals surface area contributed by atoms with Crippen molar-refractivity contribution in [3.8, 4) is 34.1 Å². The topological polar surface area (TPSA) is 36.9 Å². The van der Waals surface area contributed by atoms with Gasteiger partial charge in [0.2, 0.25) is 13.6 Å². The Morgan fingerprint density at radius 3 is 0.900 bits per heavy atom. The van der Waals surface area contributed by atoms with Crippen LogP contribution in [0.4, 0.5) is 0 Å². The van der Waals surface area contributed by atoms with Crippen LogP contribution in [0.3, 0.4) is 0 Å². The van der Waals surface area contributed by atoms with Crippen molar-refractivity contribution in [3.05, 3.63) is 143 Å². The van der Waals surface area contributed by atoms with Gasteiger partial charge in [0.05, 0.1) is 0 Å². The maximum atomic E-state index is 6.53. The molecule has 2 aliphatic heterocycles. The highest BCUT2D eigenvalue weighted by Gasteiger charge is 2.37. The van der Waals surface area contributed by atoms with Crippen LogP contribution in [0.15, 0.2) is 109 Å². The predicted molar refractivity (Wildman–Crippen MR) is 210 cm³/mol. The van der Waals surface area contributed by atoms with E-state index in [4.69, 9.17) is 18.9 Å². The minimum atomic E-state index is -1.03. The number of hydrogen-bond acceptors (Lipinski definition) is 4. The standard InChI is InChI=1S/C44H40O4P2/c1-27-7-15-33(16-8-27)49(34-17-9-28(2)10-18-34)37-23-31(5)41-43(47-25-45-41)39(37)40-38(24-32(6)42-44(40)48-26-46-42)50(35-19-11-29(3)12-20-35)36-21-13-30(4)14-22-36/h7-24H,25-26H2,1-6H3.